The third-order valence-electron chi connectivity index (χ3n) is 8.06. The summed E-state index contributed by atoms with van der Waals surface area (Å²) in [6.07, 6.45) is 0. The maximum absolute atomic E-state index is 3.65. The predicted molar refractivity (Wildman–Crippen MR) is 162 cm³/mol. The quantitative estimate of drug-likeness (QED) is 0.261. The lowest BCUT2D eigenvalue weighted by Crippen LogP contribution is -2.15. The Hall–Kier alpha value is -4.62. The van der Waals surface area contributed by atoms with Crippen LogP contribution in [0.4, 0.5) is 11.4 Å². The fraction of sp³-hybridized carbons (Fsp3) is 0.0811. The third kappa shape index (κ3) is 3.71. The van der Waals surface area contributed by atoms with Crippen molar-refractivity contribution in [1.82, 2.24) is 0 Å². The molecule has 0 aromatic heterocycles. The van der Waals surface area contributed by atoms with Crippen molar-refractivity contribution in [3.05, 3.63) is 145 Å². The smallest absolute Gasteiger partial charge is 0.0387 e. The number of fused-ring (bicyclic) bond motifs is 4. The minimum atomic E-state index is -0.0641. The van der Waals surface area contributed by atoms with Gasteiger partial charge in [-0.1, -0.05) is 117 Å². The van der Waals surface area contributed by atoms with Gasteiger partial charge >= 0.3 is 0 Å². The summed E-state index contributed by atoms with van der Waals surface area (Å²) in [7, 11) is 0. The third-order valence-corrected chi connectivity index (χ3v) is 8.06. The number of benzene rings is 6. The van der Waals surface area contributed by atoms with Crippen LogP contribution in [0, 0.1) is 0 Å². The highest BCUT2D eigenvalue weighted by molar-refractivity contribution is 5.96. The van der Waals surface area contributed by atoms with Crippen LogP contribution in [0.3, 0.4) is 0 Å². The lowest BCUT2D eigenvalue weighted by molar-refractivity contribution is 0.661. The number of hydrogen-bond donors (Lipinski definition) is 1. The van der Waals surface area contributed by atoms with Gasteiger partial charge < -0.3 is 5.32 Å². The largest absolute Gasteiger partial charge is 0.356 e. The highest BCUT2D eigenvalue weighted by Gasteiger charge is 2.35. The second-order valence-electron chi connectivity index (χ2n) is 10.7. The molecule has 6 aromatic rings. The van der Waals surface area contributed by atoms with Crippen LogP contribution < -0.4 is 5.32 Å². The van der Waals surface area contributed by atoms with Crippen LogP contribution in [0.2, 0.25) is 0 Å². The van der Waals surface area contributed by atoms with Crippen molar-refractivity contribution in [2.75, 3.05) is 5.32 Å². The molecule has 1 aliphatic rings. The van der Waals surface area contributed by atoms with Crippen molar-refractivity contribution in [3.8, 4) is 33.4 Å². The van der Waals surface area contributed by atoms with E-state index >= 15 is 0 Å². The molecule has 0 spiro atoms. The van der Waals surface area contributed by atoms with Gasteiger partial charge in [-0.05, 0) is 85.6 Å². The van der Waals surface area contributed by atoms with Crippen molar-refractivity contribution in [1.29, 1.82) is 0 Å². The Bertz CT molecular complexity index is 1790. The van der Waals surface area contributed by atoms with Crippen molar-refractivity contribution in [2.24, 2.45) is 0 Å². The Kier molecular flexibility index (Phi) is 5.19. The van der Waals surface area contributed by atoms with E-state index in [-0.39, 0.29) is 5.41 Å². The molecule has 6 aromatic carbocycles. The van der Waals surface area contributed by atoms with E-state index in [1.54, 1.807) is 0 Å². The van der Waals surface area contributed by atoms with Crippen LogP contribution >= 0.6 is 0 Å². The second kappa shape index (κ2) is 8.75. The van der Waals surface area contributed by atoms with Crippen molar-refractivity contribution in [3.63, 3.8) is 0 Å². The van der Waals surface area contributed by atoms with E-state index in [0.29, 0.717) is 0 Å². The molecule has 0 heterocycles. The van der Waals surface area contributed by atoms with Crippen LogP contribution in [0.15, 0.2) is 133 Å². The van der Waals surface area contributed by atoms with Gasteiger partial charge in [0.05, 0.1) is 0 Å². The van der Waals surface area contributed by atoms with Crippen LogP contribution in [0.25, 0.3) is 44.2 Å². The molecule has 0 aliphatic heterocycles. The summed E-state index contributed by atoms with van der Waals surface area (Å²) in [5.74, 6) is 0. The first kappa shape index (κ1) is 22.6. The summed E-state index contributed by atoms with van der Waals surface area (Å²) >= 11 is 0. The normalized spacial score (nSPS) is 13.2. The zero-order chi connectivity index (χ0) is 25.7. The molecule has 0 bridgehead atoms. The molecule has 0 atom stereocenters. The zero-order valence-corrected chi connectivity index (χ0v) is 21.7. The van der Waals surface area contributed by atoms with Crippen LogP contribution in [-0.2, 0) is 5.41 Å². The Balaban J connectivity index is 1.18. The molecule has 0 radical (unpaired) electrons. The van der Waals surface area contributed by atoms with Gasteiger partial charge in [0, 0.05) is 16.8 Å². The van der Waals surface area contributed by atoms with E-state index in [9.17, 15) is 0 Å². The summed E-state index contributed by atoms with van der Waals surface area (Å²) in [5, 5.41) is 6.20. The number of rotatable bonds is 4. The Morgan fingerprint density at radius 3 is 1.89 bits per heavy atom. The van der Waals surface area contributed by atoms with Gasteiger partial charge in [-0.3, -0.25) is 0 Å². The molecule has 1 N–H and O–H groups in total. The molecule has 0 fully saturated rings. The first-order valence-electron chi connectivity index (χ1n) is 13.3. The monoisotopic (exact) mass is 487 g/mol. The highest BCUT2D eigenvalue weighted by atomic mass is 14.9. The van der Waals surface area contributed by atoms with Gasteiger partial charge in [0.25, 0.3) is 0 Å². The minimum absolute atomic E-state index is 0.0641. The number of nitrogens with one attached hydrogen (secondary N) is 1. The molecule has 7 rings (SSSR count). The van der Waals surface area contributed by atoms with Crippen molar-refractivity contribution < 1.29 is 0 Å². The second-order valence-corrected chi connectivity index (χ2v) is 10.7. The average molecular weight is 488 g/mol. The predicted octanol–water partition coefficient (Wildman–Crippen LogP) is 10.2. The van der Waals surface area contributed by atoms with Gasteiger partial charge in [-0.2, -0.15) is 0 Å². The summed E-state index contributed by atoms with van der Waals surface area (Å²) in [4.78, 5) is 0. The molecular weight excluding hydrogens is 458 g/mol. The lowest BCUT2D eigenvalue weighted by atomic mass is 9.81. The van der Waals surface area contributed by atoms with E-state index in [0.717, 1.165) is 11.4 Å². The van der Waals surface area contributed by atoms with E-state index in [4.69, 9.17) is 0 Å². The fourth-order valence-corrected chi connectivity index (χ4v) is 6.00. The van der Waals surface area contributed by atoms with E-state index in [1.807, 2.05) is 0 Å². The summed E-state index contributed by atoms with van der Waals surface area (Å²) in [6.45, 7) is 4.68. The Labute approximate surface area is 224 Å². The summed E-state index contributed by atoms with van der Waals surface area (Å²) in [6, 6.07) is 48.2. The van der Waals surface area contributed by atoms with Crippen LogP contribution in [-0.4, -0.2) is 0 Å². The zero-order valence-electron chi connectivity index (χ0n) is 21.7. The van der Waals surface area contributed by atoms with Crippen LogP contribution in [0.1, 0.15) is 25.0 Å². The van der Waals surface area contributed by atoms with Crippen molar-refractivity contribution >= 4 is 22.1 Å². The number of anilines is 2. The first-order chi connectivity index (χ1) is 18.6. The van der Waals surface area contributed by atoms with Gasteiger partial charge in [-0.25, -0.2) is 0 Å². The fourth-order valence-electron chi connectivity index (χ4n) is 6.00. The Morgan fingerprint density at radius 2 is 1.08 bits per heavy atom. The summed E-state index contributed by atoms with van der Waals surface area (Å²) in [5.41, 5.74) is 12.6. The molecule has 0 saturated heterocycles. The molecule has 0 unspecified atom stereocenters. The highest BCUT2D eigenvalue weighted by Crippen LogP contribution is 2.50. The van der Waals surface area contributed by atoms with E-state index in [2.05, 4.69) is 153 Å². The Morgan fingerprint density at radius 1 is 0.447 bits per heavy atom. The lowest BCUT2D eigenvalue weighted by Gasteiger charge is -2.23. The maximum Gasteiger partial charge on any atom is 0.0387 e. The van der Waals surface area contributed by atoms with Gasteiger partial charge in [0.2, 0.25) is 0 Å². The summed E-state index contributed by atoms with van der Waals surface area (Å²) < 4.78 is 0. The average Bonchev–Trinajstić information content (AvgIpc) is 3.19. The van der Waals surface area contributed by atoms with E-state index < -0.39 is 0 Å². The topological polar surface area (TPSA) is 12.0 Å². The molecule has 1 nitrogen and oxygen atoms in total. The SMILES string of the molecule is CC1(C)c2cc(Nc3ccc(-c4cccc5ccccc45)cc3)ccc2-c2ccc(-c3ccccc3)cc21. The van der Waals surface area contributed by atoms with Gasteiger partial charge in [-0.15, -0.1) is 0 Å². The molecule has 182 valence electrons. The van der Waals surface area contributed by atoms with Crippen LogP contribution in [0.5, 0.6) is 0 Å². The standard InChI is InChI=1S/C37H29N/c1-37(2)35-23-28(25-9-4-3-5-10-25)17-21-33(35)34-22-20-30(24-36(34)37)38-29-18-15-27(16-19-29)32-14-8-12-26-11-6-7-13-31(26)32/h3-24,38H,1-2H3. The number of hydrogen-bond acceptors (Lipinski definition) is 1. The van der Waals surface area contributed by atoms with Gasteiger partial charge in [0.1, 0.15) is 0 Å². The maximum atomic E-state index is 3.65. The first-order valence-corrected chi connectivity index (χ1v) is 13.3. The van der Waals surface area contributed by atoms with Gasteiger partial charge in [0.15, 0.2) is 0 Å². The van der Waals surface area contributed by atoms with Crippen molar-refractivity contribution in [2.45, 2.75) is 19.3 Å². The molecule has 0 amide bonds. The minimum Gasteiger partial charge on any atom is -0.356 e. The molecule has 1 heteroatoms. The molecular formula is C37H29N. The van der Waals surface area contributed by atoms with E-state index in [1.165, 1.54) is 55.3 Å². The molecule has 0 saturated carbocycles. The molecule has 38 heavy (non-hydrogen) atoms. The molecule has 1 aliphatic carbocycles.